The zero-order chi connectivity index (χ0) is 18.7. The summed E-state index contributed by atoms with van der Waals surface area (Å²) < 4.78 is 5.37. The predicted molar refractivity (Wildman–Crippen MR) is 96.8 cm³/mol. The number of amides is 1. The van der Waals surface area contributed by atoms with Crippen molar-refractivity contribution in [1.29, 1.82) is 0 Å². The first-order valence-electron chi connectivity index (χ1n) is 8.85. The lowest BCUT2D eigenvalue weighted by atomic mass is 9.73. The minimum Gasteiger partial charge on any atom is -0.465 e. The van der Waals surface area contributed by atoms with Gasteiger partial charge < -0.3 is 9.84 Å². The zero-order valence-electron chi connectivity index (χ0n) is 15.2. The van der Waals surface area contributed by atoms with E-state index in [0.29, 0.717) is 31.0 Å². The van der Waals surface area contributed by atoms with Gasteiger partial charge in [-0.2, -0.15) is 0 Å². The largest absolute Gasteiger partial charge is 0.465 e. The number of pyridine rings is 1. The molecule has 0 bridgehead atoms. The van der Waals surface area contributed by atoms with Crippen molar-refractivity contribution < 1.29 is 19.4 Å². The van der Waals surface area contributed by atoms with Gasteiger partial charge in [0.2, 0.25) is 0 Å². The molecular formula is C19H25N3O4. The van der Waals surface area contributed by atoms with Gasteiger partial charge >= 0.3 is 6.09 Å². The predicted octanol–water partition coefficient (Wildman–Crippen LogP) is 1.75. The summed E-state index contributed by atoms with van der Waals surface area (Å²) in [5, 5.41) is 9.77. The summed E-state index contributed by atoms with van der Waals surface area (Å²) >= 11 is 0. The second-order valence-electron chi connectivity index (χ2n) is 7.31. The van der Waals surface area contributed by atoms with E-state index >= 15 is 0 Å². The van der Waals surface area contributed by atoms with E-state index in [9.17, 15) is 14.7 Å². The normalized spacial score (nSPS) is 25.5. The van der Waals surface area contributed by atoms with Gasteiger partial charge in [0.1, 0.15) is 0 Å². The second kappa shape index (κ2) is 7.55. The minimum atomic E-state index is -1.00. The van der Waals surface area contributed by atoms with Crippen LogP contribution in [0.25, 0.3) is 6.08 Å². The number of hydrogen-bond donors (Lipinski definition) is 1. The standard InChI is InChI=1S/C19H25N3O4/c1-19(2)16(13-21-7-9-26-10-8-21)22(18(24)25)12-14(17(19)23)11-15-5-3-4-6-20-15/h3-6,11,16H,7-10,12-13H2,1-2H3,(H,24,25). The van der Waals surface area contributed by atoms with Gasteiger partial charge in [0.05, 0.1) is 31.5 Å². The van der Waals surface area contributed by atoms with E-state index in [1.54, 1.807) is 24.4 Å². The topological polar surface area (TPSA) is 83.0 Å². The van der Waals surface area contributed by atoms with Crippen molar-refractivity contribution in [2.45, 2.75) is 19.9 Å². The molecule has 1 unspecified atom stereocenters. The fourth-order valence-electron chi connectivity index (χ4n) is 3.63. The summed E-state index contributed by atoms with van der Waals surface area (Å²) in [5.41, 5.74) is 0.327. The zero-order valence-corrected chi connectivity index (χ0v) is 15.2. The molecule has 1 aromatic rings. The highest BCUT2D eigenvalue weighted by molar-refractivity contribution is 6.05. The number of piperidine rings is 1. The van der Waals surface area contributed by atoms with Gasteiger partial charge in [-0.25, -0.2) is 4.79 Å². The SMILES string of the molecule is CC1(C)C(=O)C(=Cc2ccccn2)CN(C(=O)O)C1CN1CCOCC1. The van der Waals surface area contributed by atoms with Crippen molar-refractivity contribution in [1.82, 2.24) is 14.8 Å². The molecule has 1 atom stereocenters. The Balaban J connectivity index is 1.88. The van der Waals surface area contributed by atoms with E-state index in [0.717, 1.165) is 13.1 Å². The lowest BCUT2D eigenvalue weighted by Gasteiger charge is -2.47. The number of Topliss-reactive ketones (excluding diaryl/α,β-unsaturated/α-hetero) is 1. The molecule has 26 heavy (non-hydrogen) atoms. The number of carbonyl (C=O) groups is 2. The summed E-state index contributed by atoms with van der Waals surface area (Å²) in [4.78, 5) is 32.8. The molecule has 1 aromatic heterocycles. The maximum Gasteiger partial charge on any atom is 0.407 e. The molecule has 140 valence electrons. The fraction of sp³-hybridized carbons (Fsp3) is 0.526. The number of ketones is 1. The molecule has 0 aromatic carbocycles. The van der Waals surface area contributed by atoms with E-state index in [1.165, 1.54) is 4.90 Å². The quantitative estimate of drug-likeness (QED) is 0.828. The number of aromatic nitrogens is 1. The average Bonchev–Trinajstić information content (AvgIpc) is 2.63. The Morgan fingerprint density at radius 3 is 2.73 bits per heavy atom. The molecule has 0 aliphatic carbocycles. The van der Waals surface area contributed by atoms with E-state index in [-0.39, 0.29) is 12.3 Å². The van der Waals surface area contributed by atoms with Gasteiger partial charge in [0.25, 0.3) is 0 Å². The van der Waals surface area contributed by atoms with Gasteiger partial charge in [0, 0.05) is 36.8 Å². The first kappa shape index (κ1) is 18.5. The molecule has 1 amide bonds. The smallest absolute Gasteiger partial charge is 0.407 e. The minimum absolute atomic E-state index is 0.0149. The third kappa shape index (κ3) is 3.78. The van der Waals surface area contributed by atoms with Gasteiger partial charge in [-0.1, -0.05) is 19.9 Å². The molecule has 2 fully saturated rings. The van der Waals surface area contributed by atoms with Crippen LogP contribution in [0.5, 0.6) is 0 Å². The molecular weight excluding hydrogens is 334 g/mol. The summed E-state index contributed by atoms with van der Waals surface area (Å²) in [6.07, 6.45) is 2.35. The number of rotatable bonds is 3. The van der Waals surface area contributed by atoms with Gasteiger partial charge in [-0.15, -0.1) is 0 Å². The highest BCUT2D eigenvalue weighted by atomic mass is 16.5. The van der Waals surface area contributed by atoms with Crippen molar-refractivity contribution in [2.24, 2.45) is 5.41 Å². The number of hydrogen-bond acceptors (Lipinski definition) is 5. The summed E-state index contributed by atoms with van der Waals surface area (Å²) in [6, 6.07) is 5.05. The molecule has 3 rings (SSSR count). The van der Waals surface area contributed by atoms with Crippen LogP contribution in [0.3, 0.4) is 0 Å². The van der Waals surface area contributed by atoms with Crippen LogP contribution in [0.2, 0.25) is 0 Å². The molecule has 7 nitrogen and oxygen atoms in total. The Bertz CT molecular complexity index is 696. The molecule has 7 heteroatoms. The maximum atomic E-state index is 13.1. The molecule has 2 aliphatic rings. The maximum absolute atomic E-state index is 13.1. The molecule has 0 radical (unpaired) electrons. The van der Waals surface area contributed by atoms with Crippen molar-refractivity contribution in [3.8, 4) is 0 Å². The van der Waals surface area contributed by atoms with Crippen molar-refractivity contribution in [3.63, 3.8) is 0 Å². The first-order valence-corrected chi connectivity index (χ1v) is 8.85. The van der Waals surface area contributed by atoms with Crippen LogP contribution < -0.4 is 0 Å². The van der Waals surface area contributed by atoms with E-state index < -0.39 is 17.6 Å². The number of likely N-dealkylation sites (tertiary alicyclic amines) is 1. The van der Waals surface area contributed by atoms with E-state index in [1.807, 2.05) is 19.9 Å². The molecule has 0 saturated carbocycles. The molecule has 2 saturated heterocycles. The summed E-state index contributed by atoms with van der Waals surface area (Å²) in [6.45, 7) is 7.08. The third-order valence-electron chi connectivity index (χ3n) is 5.22. The highest BCUT2D eigenvalue weighted by Gasteiger charge is 2.48. The Morgan fingerprint density at radius 1 is 1.38 bits per heavy atom. The second-order valence-corrected chi connectivity index (χ2v) is 7.31. The lowest BCUT2D eigenvalue weighted by molar-refractivity contribution is -0.130. The van der Waals surface area contributed by atoms with Crippen LogP contribution >= 0.6 is 0 Å². The first-order chi connectivity index (χ1) is 12.4. The molecule has 3 heterocycles. The number of ether oxygens (including phenoxy) is 1. The van der Waals surface area contributed by atoms with Gasteiger partial charge in [0.15, 0.2) is 5.78 Å². The molecule has 0 spiro atoms. The lowest BCUT2D eigenvalue weighted by Crippen LogP contribution is -2.61. The molecule has 1 N–H and O–H groups in total. The number of nitrogens with zero attached hydrogens (tertiary/aromatic N) is 3. The average molecular weight is 359 g/mol. The summed E-state index contributed by atoms with van der Waals surface area (Å²) in [5.74, 6) is -0.0149. The Labute approximate surface area is 153 Å². The third-order valence-corrected chi connectivity index (χ3v) is 5.22. The Kier molecular flexibility index (Phi) is 5.38. The van der Waals surface area contributed by atoms with Crippen LogP contribution in [0.1, 0.15) is 19.5 Å². The van der Waals surface area contributed by atoms with Crippen molar-refractivity contribution >= 4 is 18.0 Å². The fourth-order valence-corrected chi connectivity index (χ4v) is 3.63. The van der Waals surface area contributed by atoms with Crippen LogP contribution in [0.15, 0.2) is 30.0 Å². The van der Waals surface area contributed by atoms with E-state index in [2.05, 4.69) is 9.88 Å². The Hall–Kier alpha value is -2.25. The van der Waals surface area contributed by atoms with Gasteiger partial charge in [-0.3, -0.25) is 19.6 Å². The van der Waals surface area contributed by atoms with Crippen LogP contribution in [0.4, 0.5) is 4.79 Å². The van der Waals surface area contributed by atoms with Crippen molar-refractivity contribution in [3.05, 3.63) is 35.7 Å². The van der Waals surface area contributed by atoms with E-state index in [4.69, 9.17) is 4.74 Å². The monoisotopic (exact) mass is 359 g/mol. The van der Waals surface area contributed by atoms with Crippen LogP contribution in [-0.4, -0.2) is 77.2 Å². The summed E-state index contributed by atoms with van der Waals surface area (Å²) in [7, 11) is 0. The number of morpholine rings is 1. The van der Waals surface area contributed by atoms with Crippen LogP contribution in [0, 0.1) is 5.41 Å². The number of carbonyl (C=O) groups excluding carboxylic acids is 1. The molecule has 2 aliphatic heterocycles. The van der Waals surface area contributed by atoms with Crippen LogP contribution in [-0.2, 0) is 9.53 Å². The number of carboxylic acid groups (broad SMARTS) is 1. The Morgan fingerprint density at radius 2 is 2.12 bits per heavy atom. The highest BCUT2D eigenvalue weighted by Crippen LogP contribution is 2.36. The van der Waals surface area contributed by atoms with Crippen molar-refractivity contribution in [2.75, 3.05) is 39.4 Å². The van der Waals surface area contributed by atoms with Gasteiger partial charge in [-0.05, 0) is 18.2 Å².